The number of nitrogens with zero attached hydrogens (tertiary/aromatic N) is 2. The van der Waals surface area contributed by atoms with Crippen molar-refractivity contribution in [1.29, 1.82) is 0 Å². The Labute approximate surface area is 93.3 Å². The zero-order valence-electron chi connectivity index (χ0n) is 9.20. The fraction of sp³-hybridized carbons (Fsp3) is 0.417. The molecule has 1 fully saturated rings. The lowest BCUT2D eigenvalue weighted by atomic mass is 10.3. The molecule has 3 rings (SSSR count). The summed E-state index contributed by atoms with van der Waals surface area (Å²) in [5.74, 6) is 0.816. The van der Waals surface area contributed by atoms with E-state index < -0.39 is 0 Å². The highest BCUT2D eigenvalue weighted by Crippen LogP contribution is 2.38. The number of rotatable bonds is 3. The minimum atomic E-state index is -0.190. The highest BCUT2D eigenvalue weighted by atomic mass is 19.1. The van der Waals surface area contributed by atoms with Gasteiger partial charge >= 0.3 is 0 Å². The van der Waals surface area contributed by atoms with Crippen LogP contribution in [0.15, 0.2) is 18.2 Å². The lowest BCUT2D eigenvalue weighted by molar-refractivity contribution is 0.625. The third kappa shape index (κ3) is 1.50. The van der Waals surface area contributed by atoms with Gasteiger partial charge in [0.2, 0.25) is 0 Å². The van der Waals surface area contributed by atoms with Crippen LogP contribution < -0.4 is 5.32 Å². The number of benzene rings is 1. The average molecular weight is 219 g/mol. The molecular weight excluding hydrogens is 205 g/mol. The molecule has 2 aromatic rings. The molecule has 0 aliphatic heterocycles. The maximum absolute atomic E-state index is 13.2. The second kappa shape index (κ2) is 3.56. The number of halogens is 1. The van der Waals surface area contributed by atoms with E-state index in [0.717, 1.165) is 23.4 Å². The van der Waals surface area contributed by atoms with Crippen LogP contribution in [-0.2, 0) is 6.54 Å². The van der Waals surface area contributed by atoms with Crippen LogP contribution in [0.25, 0.3) is 11.0 Å². The van der Waals surface area contributed by atoms with E-state index in [1.165, 1.54) is 18.9 Å². The van der Waals surface area contributed by atoms with Gasteiger partial charge in [-0.25, -0.2) is 9.37 Å². The van der Waals surface area contributed by atoms with Crippen LogP contribution in [0.1, 0.15) is 24.7 Å². The predicted octanol–water partition coefficient (Wildman–Crippen LogP) is 2.23. The van der Waals surface area contributed by atoms with E-state index >= 15 is 0 Å². The first-order chi connectivity index (χ1) is 7.79. The summed E-state index contributed by atoms with van der Waals surface area (Å²) in [7, 11) is 1.90. The quantitative estimate of drug-likeness (QED) is 0.857. The molecule has 1 aromatic carbocycles. The summed E-state index contributed by atoms with van der Waals surface area (Å²) >= 11 is 0. The molecule has 84 valence electrons. The van der Waals surface area contributed by atoms with Gasteiger partial charge in [0.15, 0.2) is 0 Å². The number of hydrogen-bond donors (Lipinski definition) is 1. The summed E-state index contributed by atoms with van der Waals surface area (Å²) < 4.78 is 15.4. The van der Waals surface area contributed by atoms with Gasteiger partial charge < -0.3 is 9.88 Å². The van der Waals surface area contributed by atoms with Crippen LogP contribution in [0.3, 0.4) is 0 Å². The monoisotopic (exact) mass is 219 g/mol. The van der Waals surface area contributed by atoms with Crippen molar-refractivity contribution in [1.82, 2.24) is 14.9 Å². The Morgan fingerprint density at radius 2 is 2.31 bits per heavy atom. The summed E-state index contributed by atoms with van der Waals surface area (Å²) in [6, 6.07) is 5.33. The fourth-order valence-corrected chi connectivity index (χ4v) is 2.14. The smallest absolute Gasteiger partial charge is 0.125 e. The second-order valence-electron chi connectivity index (χ2n) is 4.29. The van der Waals surface area contributed by atoms with E-state index in [9.17, 15) is 4.39 Å². The molecule has 0 radical (unpaired) electrons. The van der Waals surface area contributed by atoms with E-state index in [1.807, 2.05) is 7.05 Å². The van der Waals surface area contributed by atoms with E-state index in [0.29, 0.717) is 6.04 Å². The first kappa shape index (κ1) is 9.78. The largest absolute Gasteiger partial charge is 0.324 e. The highest BCUT2D eigenvalue weighted by Gasteiger charge is 2.27. The molecule has 1 aliphatic carbocycles. The van der Waals surface area contributed by atoms with Gasteiger partial charge in [-0.2, -0.15) is 0 Å². The zero-order valence-corrected chi connectivity index (χ0v) is 9.20. The Bertz CT molecular complexity index is 528. The molecule has 3 nitrogen and oxygen atoms in total. The molecule has 0 amide bonds. The highest BCUT2D eigenvalue weighted by molar-refractivity contribution is 5.76. The molecule has 0 unspecified atom stereocenters. The zero-order chi connectivity index (χ0) is 11.1. The molecule has 16 heavy (non-hydrogen) atoms. The second-order valence-corrected chi connectivity index (χ2v) is 4.29. The van der Waals surface area contributed by atoms with Crippen molar-refractivity contribution in [2.24, 2.45) is 0 Å². The minimum absolute atomic E-state index is 0.190. The van der Waals surface area contributed by atoms with E-state index in [1.54, 1.807) is 12.1 Å². The van der Waals surface area contributed by atoms with Gasteiger partial charge in [0, 0.05) is 6.04 Å². The van der Waals surface area contributed by atoms with Crippen LogP contribution in [0.4, 0.5) is 4.39 Å². The Hall–Kier alpha value is -1.42. The molecule has 0 saturated heterocycles. The number of aromatic nitrogens is 2. The molecular formula is C12H14FN3. The molecule has 1 N–H and O–H groups in total. The first-order valence-electron chi connectivity index (χ1n) is 5.60. The molecule has 1 saturated carbocycles. The van der Waals surface area contributed by atoms with Crippen molar-refractivity contribution in [3.8, 4) is 0 Å². The number of fused-ring (bicyclic) bond motifs is 1. The van der Waals surface area contributed by atoms with Crippen LogP contribution in [0, 0.1) is 5.82 Å². The maximum Gasteiger partial charge on any atom is 0.125 e. The topological polar surface area (TPSA) is 29.9 Å². The molecule has 1 aliphatic rings. The van der Waals surface area contributed by atoms with Crippen LogP contribution >= 0.6 is 0 Å². The first-order valence-corrected chi connectivity index (χ1v) is 5.60. The lowest BCUT2D eigenvalue weighted by Gasteiger charge is -2.06. The van der Waals surface area contributed by atoms with Gasteiger partial charge in [-0.05, 0) is 38.1 Å². The Morgan fingerprint density at radius 1 is 1.50 bits per heavy atom. The Kier molecular flexibility index (Phi) is 2.17. The van der Waals surface area contributed by atoms with Crippen molar-refractivity contribution >= 4 is 11.0 Å². The van der Waals surface area contributed by atoms with Gasteiger partial charge in [-0.15, -0.1) is 0 Å². The van der Waals surface area contributed by atoms with Gasteiger partial charge in [0.05, 0.1) is 17.6 Å². The number of imidazole rings is 1. The standard InChI is InChI=1S/C12H14FN3/c1-14-7-12-15-10-5-2-8(13)6-11(10)16(12)9-3-4-9/h2,5-6,9,14H,3-4,7H2,1H3. The van der Waals surface area contributed by atoms with Crippen molar-refractivity contribution < 1.29 is 4.39 Å². The fourth-order valence-electron chi connectivity index (χ4n) is 2.14. The van der Waals surface area contributed by atoms with Gasteiger partial charge in [0.25, 0.3) is 0 Å². The third-order valence-corrected chi connectivity index (χ3v) is 2.97. The molecule has 1 aromatic heterocycles. The molecule has 0 atom stereocenters. The van der Waals surface area contributed by atoms with Crippen LogP contribution in [0.2, 0.25) is 0 Å². The SMILES string of the molecule is CNCc1nc2ccc(F)cc2n1C1CC1. The lowest BCUT2D eigenvalue weighted by Crippen LogP contribution is -2.11. The molecule has 1 heterocycles. The van der Waals surface area contributed by atoms with Crippen molar-refractivity contribution in [3.63, 3.8) is 0 Å². The average Bonchev–Trinajstić information content (AvgIpc) is 3.02. The summed E-state index contributed by atoms with van der Waals surface area (Å²) in [4.78, 5) is 4.54. The summed E-state index contributed by atoms with van der Waals surface area (Å²) in [5, 5.41) is 3.11. The van der Waals surface area contributed by atoms with Gasteiger partial charge in [0.1, 0.15) is 11.6 Å². The van der Waals surface area contributed by atoms with Crippen molar-refractivity contribution in [2.75, 3.05) is 7.05 Å². The minimum Gasteiger partial charge on any atom is -0.324 e. The number of hydrogen-bond acceptors (Lipinski definition) is 2. The maximum atomic E-state index is 13.2. The third-order valence-electron chi connectivity index (χ3n) is 2.97. The Morgan fingerprint density at radius 3 is 3.00 bits per heavy atom. The van der Waals surface area contributed by atoms with Crippen molar-refractivity contribution in [2.45, 2.75) is 25.4 Å². The Balaban J connectivity index is 2.21. The molecule has 0 spiro atoms. The normalized spacial score (nSPS) is 15.9. The summed E-state index contributed by atoms with van der Waals surface area (Å²) in [6.45, 7) is 0.729. The number of nitrogens with one attached hydrogen (secondary N) is 1. The summed E-state index contributed by atoms with van der Waals surface area (Å²) in [5.41, 5.74) is 1.81. The molecule has 0 bridgehead atoms. The summed E-state index contributed by atoms with van der Waals surface area (Å²) in [6.07, 6.45) is 2.36. The van der Waals surface area contributed by atoms with Gasteiger partial charge in [-0.1, -0.05) is 0 Å². The van der Waals surface area contributed by atoms with Gasteiger partial charge in [-0.3, -0.25) is 0 Å². The van der Waals surface area contributed by atoms with Crippen LogP contribution in [-0.4, -0.2) is 16.6 Å². The van der Waals surface area contributed by atoms with E-state index in [-0.39, 0.29) is 5.82 Å². The van der Waals surface area contributed by atoms with Crippen LogP contribution in [0.5, 0.6) is 0 Å². The van der Waals surface area contributed by atoms with E-state index in [2.05, 4.69) is 14.9 Å². The van der Waals surface area contributed by atoms with E-state index in [4.69, 9.17) is 0 Å². The molecule has 4 heteroatoms. The predicted molar refractivity (Wildman–Crippen MR) is 60.7 cm³/mol. The van der Waals surface area contributed by atoms with Crippen molar-refractivity contribution in [3.05, 3.63) is 29.8 Å².